The number of aromatic nitrogens is 2. The lowest BCUT2D eigenvalue weighted by molar-refractivity contribution is 0.00682. The molecular formula is C16H24N4O2S. The van der Waals surface area contributed by atoms with Gasteiger partial charge in [0, 0.05) is 31.4 Å². The second kappa shape index (κ2) is 7.53. The summed E-state index contributed by atoms with van der Waals surface area (Å²) in [6.07, 6.45) is 0. The molecule has 1 fully saturated rings. The van der Waals surface area contributed by atoms with Crippen molar-refractivity contribution in [1.29, 1.82) is 0 Å². The van der Waals surface area contributed by atoms with Crippen LogP contribution in [-0.4, -0.2) is 59.9 Å². The number of ether oxygens (including phenoxy) is 1. The smallest absolute Gasteiger partial charge is 0.233 e. The standard InChI is InChI=1S/C16H24N4O2S/c1-12(16-18-17-13(2)22-16)19(3)11-14(15-5-4-10-23-15)20-6-8-21-9-7-20/h4-5,10,12,14H,6-9,11H2,1-3H3/t12-,14+/m1/s1. The Morgan fingerprint density at radius 3 is 2.74 bits per heavy atom. The first-order valence-corrected chi connectivity index (χ1v) is 8.88. The van der Waals surface area contributed by atoms with E-state index in [-0.39, 0.29) is 6.04 Å². The van der Waals surface area contributed by atoms with E-state index in [0.29, 0.717) is 17.8 Å². The fourth-order valence-corrected chi connectivity index (χ4v) is 3.71. The minimum absolute atomic E-state index is 0.0969. The zero-order valence-corrected chi connectivity index (χ0v) is 14.8. The quantitative estimate of drug-likeness (QED) is 0.808. The molecule has 2 atom stereocenters. The maximum absolute atomic E-state index is 5.59. The molecule has 0 aliphatic carbocycles. The van der Waals surface area contributed by atoms with Crippen LogP contribution in [0.3, 0.4) is 0 Å². The average molecular weight is 336 g/mol. The normalized spacial score (nSPS) is 19.1. The maximum atomic E-state index is 5.59. The van der Waals surface area contributed by atoms with Gasteiger partial charge in [0.1, 0.15) is 0 Å². The fraction of sp³-hybridized carbons (Fsp3) is 0.625. The van der Waals surface area contributed by atoms with Crippen LogP contribution in [0.5, 0.6) is 0 Å². The number of hydrogen-bond acceptors (Lipinski definition) is 7. The van der Waals surface area contributed by atoms with E-state index in [4.69, 9.17) is 9.15 Å². The molecule has 0 spiro atoms. The summed E-state index contributed by atoms with van der Waals surface area (Å²) in [5.74, 6) is 1.29. The number of hydrogen-bond donors (Lipinski definition) is 0. The first-order chi connectivity index (χ1) is 11.1. The summed E-state index contributed by atoms with van der Waals surface area (Å²) >= 11 is 1.82. The van der Waals surface area contributed by atoms with Gasteiger partial charge >= 0.3 is 0 Å². The predicted octanol–water partition coefficient (Wildman–Crippen LogP) is 2.51. The Morgan fingerprint density at radius 2 is 2.13 bits per heavy atom. The molecule has 0 bridgehead atoms. The van der Waals surface area contributed by atoms with Crippen molar-refractivity contribution in [3.05, 3.63) is 34.2 Å². The predicted molar refractivity (Wildman–Crippen MR) is 89.5 cm³/mol. The first kappa shape index (κ1) is 16.6. The summed E-state index contributed by atoms with van der Waals surface area (Å²) in [5, 5.41) is 10.2. The van der Waals surface area contributed by atoms with E-state index in [1.165, 1.54) is 4.88 Å². The Balaban J connectivity index is 1.72. The van der Waals surface area contributed by atoms with E-state index < -0.39 is 0 Å². The van der Waals surface area contributed by atoms with Crippen molar-refractivity contribution in [2.45, 2.75) is 25.9 Å². The zero-order valence-electron chi connectivity index (χ0n) is 13.9. The lowest BCUT2D eigenvalue weighted by Gasteiger charge is -2.37. The van der Waals surface area contributed by atoms with Crippen molar-refractivity contribution in [2.75, 3.05) is 39.9 Å². The summed E-state index contributed by atoms with van der Waals surface area (Å²) in [6.45, 7) is 8.43. The highest BCUT2D eigenvalue weighted by Crippen LogP contribution is 2.29. The third-order valence-corrected chi connectivity index (χ3v) is 5.35. The molecule has 2 aromatic rings. The molecule has 0 saturated carbocycles. The lowest BCUT2D eigenvalue weighted by Crippen LogP contribution is -2.43. The van der Waals surface area contributed by atoms with E-state index in [2.05, 4.69) is 51.5 Å². The lowest BCUT2D eigenvalue weighted by atomic mass is 10.1. The van der Waals surface area contributed by atoms with Crippen LogP contribution in [0.25, 0.3) is 0 Å². The van der Waals surface area contributed by atoms with Gasteiger partial charge in [-0.2, -0.15) is 0 Å². The van der Waals surface area contributed by atoms with Gasteiger partial charge in [-0.15, -0.1) is 21.5 Å². The second-order valence-electron chi connectivity index (χ2n) is 5.95. The van der Waals surface area contributed by atoms with Crippen molar-refractivity contribution in [3.63, 3.8) is 0 Å². The summed E-state index contributed by atoms with van der Waals surface area (Å²) in [6, 6.07) is 4.81. The number of thiophene rings is 1. The Bertz CT molecular complexity index is 595. The van der Waals surface area contributed by atoms with Crippen LogP contribution in [0.2, 0.25) is 0 Å². The van der Waals surface area contributed by atoms with Gasteiger partial charge in [-0.3, -0.25) is 9.80 Å². The Labute approximate surface area is 141 Å². The molecule has 0 radical (unpaired) electrons. The highest BCUT2D eigenvalue weighted by Gasteiger charge is 2.27. The van der Waals surface area contributed by atoms with Gasteiger partial charge < -0.3 is 9.15 Å². The third kappa shape index (κ3) is 3.98. The monoisotopic (exact) mass is 336 g/mol. The van der Waals surface area contributed by atoms with Crippen LogP contribution in [0, 0.1) is 6.92 Å². The molecule has 1 saturated heterocycles. The van der Waals surface area contributed by atoms with Crippen LogP contribution < -0.4 is 0 Å². The van der Waals surface area contributed by atoms with Gasteiger partial charge in [0.25, 0.3) is 0 Å². The van der Waals surface area contributed by atoms with Crippen molar-refractivity contribution >= 4 is 11.3 Å². The number of aryl methyl sites for hydroxylation is 1. The van der Waals surface area contributed by atoms with Crippen molar-refractivity contribution in [1.82, 2.24) is 20.0 Å². The average Bonchev–Trinajstić information content (AvgIpc) is 3.24. The molecule has 6 nitrogen and oxygen atoms in total. The van der Waals surface area contributed by atoms with Crippen LogP contribution in [0.15, 0.2) is 21.9 Å². The molecule has 23 heavy (non-hydrogen) atoms. The number of rotatable bonds is 6. The van der Waals surface area contributed by atoms with Crippen LogP contribution >= 0.6 is 11.3 Å². The molecule has 1 aliphatic heterocycles. The van der Waals surface area contributed by atoms with Gasteiger partial charge in [0.15, 0.2) is 0 Å². The highest BCUT2D eigenvalue weighted by atomic mass is 32.1. The molecule has 3 heterocycles. The van der Waals surface area contributed by atoms with Crippen molar-refractivity contribution < 1.29 is 9.15 Å². The Hall–Kier alpha value is -1.28. The van der Waals surface area contributed by atoms with E-state index in [1.807, 2.05) is 18.3 Å². The largest absolute Gasteiger partial charge is 0.424 e. The number of nitrogens with zero attached hydrogens (tertiary/aromatic N) is 4. The topological polar surface area (TPSA) is 54.6 Å². The number of morpholine rings is 1. The van der Waals surface area contributed by atoms with Gasteiger partial charge in [-0.25, -0.2) is 0 Å². The summed E-state index contributed by atoms with van der Waals surface area (Å²) in [5.41, 5.74) is 0. The van der Waals surface area contributed by atoms with Gasteiger partial charge in [0.2, 0.25) is 11.8 Å². The fourth-order valence-electron chi connectivity index (χ4n) is 2.86. The Morgan fingerprint density at radius 1 is 1.35 bits per heavy atom. The third-order valence-electron chi connectivity index (χ3n) is 4.38. The molecule has 0 unspecified atom stereocenters. The highest BCUT2D eigenvalue weighted by molar-refractivity contribution is 7.10. The van der Waals surface area contributed by atoms with Crippen molar-refractivity contribution in [2.24, 2.45) is 0 Å². The molecule has 7 heteroatoms. The van der Waals surface area contributed by atoms with Crippen LogP contribution in [0.4, 0.5) is 0 Å². The minimum atomic E-state index is 0.0969. The SMILES string of the molecule is Cc1nnc([C@@H](C)N(C)C[C@@H](c2cccs2)N2CCOCC2)o1. The van der Waals surface area contributed by atoms with E-state index in [0.717, 1.165) is 32.8 Å². The number of likely N-dealkylation sites (N-methyl/N-ethyl adjacent to an activating group) is 1. The molecule has 2 aromatic heterocycles. The maximum Gasteiger partial charge on any atom is 0.233 e. The minimum Gasteiger partial charge on any atom is -0.424 e. The second-order valence-corrected chi connectivity index (χ2v) is 6.93. The molecule has 126 valence electrons. The van der Waals surface area contributed by atoms with E-state index in [9.17, 15) is 0 Å². The van der Waals surface area contributed by atoms with Gasteiger partial charge in [0.05, 0.1) is 25.3 Å². The summed E-state index contributed by atoms with van der Waals surface area (Å²) in [4.78, 5) is 6.19. The van der Waals surface area contributed by atoms with Crippen molar-refractivity contribution in [3.8, 4) is 0 Å². The van der Waals surface area contributed by atoms with Gasteiger partial charge in [-0.1, -0.05) is 6.07 Å². The molecule has 1 aliphatic rings. The molecule has 3 rings (SSSR count). The molecule has 0 N–H and O–H groups in total. The van der Waals surface area contributed by atoms with Crippen LogP contribution in [-0.2, 0) is 4.74 Å². The van der Waals surface area contributed by atoms with E-state index >= 15 is 0 Å². The molecule has 0 amide bonds. The molecule has 0 aromatic carbocycles. The van der Waals surface area contributed by atoms with Crippen LogP contribution in [0.1, 0.15) is 35.7 Å². The van der Waals surface area contributed by atoms with Gasteiger partial charge in [-0.05, 0) is 25.4 Å². The zero-order chi connectivity index (χ0) is 16.2. The molecular weight excluding hydrogens is 312 g/mol. The Kier molecular flexibility index (Phi) is 5.42. The first-order valence-electron chi connectivity index (χ1n) is 8.00. The summed E-state index contributed by atoms with van der Waals surface area (Å²) < 4.78 is 11.1. The van der Waals surface area contributed by atoms with E-state index in [1.54, 1.807) is 0 Å². The summed E-state index contributed by atoms with van der Waals surface area (Å²) in [7, 11) is 2.12.